The maximum absolute atomic E-state index is 12.7. The number of amides is 1. The average molecular weight is 435 g/mol. The molecule has 0 radical (unpaired) electrons. The Labute approximate surface area is 176 Å². The zero-order valence-electron chi connectivity index (χ0n) is 16.7. The first-order valence-electron chi connectivity index (χ1n) is 9.42. The van der Waals surface area contributed by atoms with E-state index in [4.69, 9.17) is 0 Å². The van der Waals surface area contributed by atoms with Gasteiger partial charge in [0.2, 0.25) is 15.9 Å². The second-order valence-corrected chi connectivity index (χ2v) is 10.00. The average Bonchev–Trinajstić information content (AvgIpc) is 2.73. The second-order valence-electron chi connectivity index (χ2n) is 7.06. The molecule has 2 heterocycles. The van der Waals surface area contributed by atoms with Crippen LogP contribution in [0.5, 0.6) is 0 Å². The first-order chi connectivity index (χ1) is 13.9. The van der Waals surface area contributed by atoms with Gasteiger partial charge in [0.15, 0.2) is 0 Å². The summed E-state index contributed by atoms with van der Waals surface area (Å²) in [5.41, 5.74) is 1.07. The molecular weight excluding hydrogens is 408 g/mol. The van der Waals surface area contributed by atoms with E-state index >= 15 is 0 Å². The third kappa shape index (κ3) is 5.79. The highest BCUT2D eigenvalue weighted by molar-refractivity contribution is 7.99. The molecule has 9 heteroatoms. The normalized spacial score (nSPS) is 15.9. The van der Waals surface area contributed by atoms with Crippen LogP contribution in [0.15, 0.2) is 58.6 Å². The van der Waals surface area contributed by atoms with Crippen LogP contribution in [-0.2, 0) is 21.4 Å². The van der Waals surface area contributed by atoms with Gasteiger partial charge in [0.25, 0.3) is 0 Å². The van der Waals surface area contributed by atoms with Crippen LogP contribution in [0, 0.1) is 0 Å². The van der Waals surface area contributed by atoms with Crippen LogP contribution in [0.3, 0.4) is 0 Å². The van der Waals surface area contributed by atoms with Crippen molar-refractivity contribution in [3.63, 3.8) is 0 Å². The highest BCUT2D eigenvalue weighted by Gasteiger charge is 2.27. The van der Waals surface area contributed by atoms with Crippen molar-refractivity contribution in [2.75, 3.05) is 46.0 Å². The van der Waals surface area contributed by atoms with E-state index in [1.165, 1.54) is 22.3 Å². The first-order valence-corrected chi connectivity index (χ1v) is 11.8. The molecule has 7 nitrogen and oxygen atoms in total. The lowest BCUT2D eigenvalue weighted by Crippen LogP contribution is -2.47. The highest BCUT2D eigenvalue weighted by atomic mass is 32.2. The third-order valence-electron chi connectivity index (χ3n) is 4.84. The van der Waals surface area contributed by atoms with Gasteiger partial charge in [0, 0.05) is 46.0 Å². The molecule has 1 aliphatic heterocycles. The molecule has 0 saturated carbocycles. The number of nitrogens with zero attached hydrogens (tertiary/aromatic N) is 4. The molecule has 2 aromatic rings. The molecule has 0 aliphatic carbocycles. The number of hydrogen-bond acceptors (Lipinski definition) is 6. The van der Waals surface area contributed by atoms with Gasteiger partial charge in [-0.3, -0.25) is 4.79 Å². The topological polar surface area (TPSA) is 73.8 Å². The molecule has 0 atom stereocenters. The fraction of sp³-hybridized carbons (Fsp3) is 0.400. The Hall–Kier alpha value is -1.94. The molecule has 0 N–H and O–H groups in total. The second kappa shape index (κ2) is 9.71. The number of likely N-dealkylation sites (N-methyl/N-ethyl adjacent to an activating group) is 1. The van der Waals surface area contributed by atoms with E-state index in [0.717, 1.165) is 18.7 Å². The molecule has 29 heavy (non-hydrogen) atoms. The molecule has 156 valence electrons. The van der Waals surface area contributed by atoms with E-state index in [1.54, 1.807) is 24.1 Å². The summed E-state index contributed by atoms with van der Waals surface area (Å²) in [6, 6.07) is 13.0. The number of carbonyl (C=O) groups excluding carboxylic acids is 1. The first kappa shape index (κ1) is 21.8. The van der Waals surface area contributed by atoms with Crippen LogP contribution in [0.2, 0.25) is 0 Å². The number of benzene rings is 1. The molecule has 0 bridgehead atoms. The minimum atomic E-state index is -3.52. The lowest BCUT2D eigenvalue weighted by molar-refractivity contribution is -0.127. The molecular formula is C20H26N4O3S2. The summed E-state index contributed by atoms with van der Waals surface area (Å²) in [7, 11) is 0.233. The number of carbonyl (C=O) groups is 1. The van der Waals surface area contributed by atoms with Crippen LogP contribution in [0.25, 0.3) is 0 Å². The van der Waals surface area contributed by atoms with E-state index < -0.39 is 10.0 Å². The predicted molar refractivity (Wildman–Crippen MR) is 114 cm³/mol. The van der Waals surface area contributed by atoms with E-state index in [2.05, 4.69) is 9.88 Å². The monoisotopic (exact) mass is 434 g/mol. The molecule has 1 amide bonds. The molecule has 1 aromatic carbocycles. The van der Waals surface area contributed by atoms with Crippen molar-refractivity contribution in [1.29, 1.82) is 0 Å². The van der Waals surface area contributed by atoms with Gasteiger partial charge in [0.05, 0.1) is 10.8 Å². The van der Waals surface area contributed by atoms with Gasteiger partial charge in [-0.25, -0.2) is 13.4 Å². The predicted octanol–water partition coefficient (Wildman–Crippen LogP) is 1.77. The van der Waals surface area contributed by atoms with Crippen LogP contribution in [-0.4, -0.2) is 79.4 Å². The fourth-order valence-corrected chi connectivity index (χ4v) is 5.12. The summed E-state index contributed by atoms with van der Waals surface area (Å²) in [6.45, 7) is 2.96. The molecule has 1 saturated heterocycles. The van der Waals surface area contributed by atoms with Gasteiger partial charge in [-0.1, -0.05) is 42.1 Å². The molecule has 1 aliphatic rings. The van der Waals surface area contributed by atoms with E-state index in [0.29, 0.717) is 24.7 Å². The molecule has 3 rings (SSSR count). The van der Waals surface area contributed by atoms with Crippen LogP contribution >= 0.6 is 11.8 Å². The van der Waals surface area contributed by atoms with Gasteiger partial charge in [0.1, 0.15) is 4.90 Å². The largest absolute Gasteiger partial charge is 0.341 e. The van der Waals surface area contributed by atoms with E-state index in [-0.39, 0.29) is 16.6 Å². The van der Waals surface area contributed by atoms with Crippen molar-refractivity contribution in [3.8, 4) is 0 Å². The Morgan fingerprint density at radius 2 is 1.79 bits per heavy atom. The number of sulfonamides is 1. The number of thioether (sulfide) groups is 1. The summed E-state index contributed by atoms with van der Waals surface area (Å²) in [5, 5.41) is 0.629. The Morgan fingerprint density at radius 1 is 1.10 bits per heavy atom. The Kier molecular flexibility index (Phi) is 7.28. The number of pyridine rings is 1. The standard InChI is InChI=1S/C20H26N4O3S2/c1-22-10-12-24(13-11-22)29(26,27)18-8-9-19(21-14-18)28-16-20(25)23(2)15-17-6-4-3-5-7-17/h3-9,14H,10-13,15-16H2,1-2H3. The van der Waals surface area contributed by atoms with Gasteiger partial charge in [-0.2, -0.15) is 4.31 Å². The third-order valence-corrected chi connectivity index (χ3v) is 7.65. The fourth-order valence-electron chi connectivity index (χ4n) is 2.97. The number of aromatic nitrogens is 1. The van der Waals surface area contributed by atoms with Crippen molar-refractivity contribution in [2.24, 2.45) is 0 Å². The molecule has 1 fully saturated rings. The van der Waals surface area contributed by atoms with E-state index in [1.807, 2.05) is 37.4 Å². The van der Waals surface area contributed by atoms with Gasteiger partial charge in [-0.15, -0.1) is 0 Å². The molecule has 0 unspecified atom stereocenters. The number of piperazine rings is 1. The molecule has 1 aromatic heterocycles. The zero-order valence-corrected chi connectivity index (χ0v) is 18.3. The van der Waals surface area contributed by atoms with Crippen molar-refractivity contribution in [1.82, 2.24) is 19.1 Å². The smallest absolute Gasteiger partial charge is 0.244 e. The SMILES string of the molecule is CN1CCN(S(=O)(=O)c2ccc(SCC(=O)N(C)Cc3ccccc3)nc2)CC1. The number of rotatable bonds is 7. The molecule has 0 spiro atoms. The maximum atomic E-state index is 12.7. The number of hydrogen-bond donors (Lipinski definition) is 0. The van der Waals surface area contributed by atoms with Gasteiger partial charge >= 0.3 is 0 Å². The summed E-state index contributed by atoms with van der Waals surface area (Å²) in [6.07, 6.45) is 1.38. The van der Waals surface area contributed by atoms with Crippen LogP contribution in [0.4, 0.5) is 0 Å². The zero-order chi connectivity index (χ0) is 20.9. The van der Waals surface area contributed by atoms with Crippen LogP contribution in [0.1, 0.15) is 5.56 Å². The lowest BCUT2D eigenvalue weighted by atomic mass is 10.2. The van der Waals surface area contributed by atoms with Crippen molar-refractivity contribution in [2.45, 2.75) is 16.5 Å². The van der Waals surface area contributed by atoms with Crippen molar-refractivity contribution in [3.05, 3.63) is 54.2 Å². The Morgan fingerprint density at radius 3 is 2.41 bits per heavy atom. The summed E-state index contributed by atoms with van der Waals surface area (Å²) < 4.78 is 27.0. The van der Waals surface area contributed by atoms with Crippen LogP contribution < -0.4 is 0 Å². The summed E-state index contributed by atoms with van der Waals surface area (Å²) >= 11 is 1.31. The minimum absolute atomic E-state index is 0.00483. The van der Waals surface area contributed by atoms with Crippen molar-refractivity contribution < 1.29 is 13.2 Å². The summed E-state index contributed by atoms with van der Waals surface area (Å²) in [4.78, 5) is 20.6. The van der Waals surface area contributed by atoms with Gasteiger partial charge in [-0.05, 0) is 24.7 Å². The Bertz CT molecular complexity index is 913. The minimum Gasteiger partial charge on any atom is -0.341 e. The Balaban J connectivity index is 1.54. The highest BCUT2D eigenvalue weighted by Crippen LogP contribution is 2.21. The quantitative estimate of drug-likeness (QED) is 0.619. The summed E-state index contributed by atoms with van der Waals surface area (Å²) in [5.74, 6) is 0.246. The van der Waals surface area contributed by atoms with E-state index in [9.17, 15) is 13.2 Å². The van der Waals surface area contributed by atoms with Gasteiger partial charge < -0.3 is 9.80 Å². The maximum Gasteiger partial charge on any atom is 0.244 e. The lowest BCUT2D eigenvalue weighted by Gasteiger charge is -2.31. The van der Waals surface area contributed by atoms with Crippen molar-refractivity contribution >= 4 is 27.7 Å².